The van der Waals surface area contributed by atoms with Crippen LogP contribution in [-0.2, 0) is 9.53 Å². The zero-order valence-electron chi connectivity index (χ0n) is 13.5. The van der Waals surface area contributed by atoms with Crippen molar-refractivity contribution in [2.75, 3.05) is 7.11 Å². The number of esters is 1. The quantitative estimate of drug-likeness (QED) is 0.539. The van der Waals surface area contributed by atoms with E-state index in [4.69, 9.17) is 0 Å². The van der Waals surface area contributed by atoms with Gasteiger partial charge < -0.3 is 15.2 Å². The first-order chi connectivity index (χ1) is 11.0. The molecule has 1 rings (SSSR count). The second kappa shape index (κ2) is 9.61. The van der Waals surface area contributed by atoms with Crippen molar-refractivity contribution in [3.05, 3.63) is 35.4 Å². The average molecular weight is 321 g/mol. The first kappa shape index (κ1) is 18.7. The summed E-state index contributed by atoms with van der Waals surface area (Å²) in [5.74, 6) is -2.12. The van der Waals surface area contributed by atoms with E-state index in [1.54, 1.807) is 6.07 Å². The molecule has 0 aliphatic carbocycles. The number of carbonyl (C=O) groups is 3. The van der Waals surface area contributed by atoms with Crippen LogP contribution in [0.2, 0.25) is 0 Å². The summed E-state index contributed by atoms with van der Waals surface area (Å²) in [6, 6.07) is 5.07. The van der Waals surface area contributed by atoms with Crippen LogP contribution < -0.4 is 5.32 Å². The molecule has 1 amide bonds. The molecule has 1 aromatic carbocycles. The van der Waals surface area contributed by atoms with Gasteiger partial charge in [-0.05, 0) is 24.6 Å². The van der Waals surface area contributed by atoms with Gasteiger partial charge in [-0.1, -0.05) is 38.7 Å². The van der Waals surface area contributed by atoms with E-state index >= 15 is 0 Å². The predicted molar refractivity (Wildman–Crippen MR) is 85.4 cm³/mol. The number of unbranched alkanes of at least 4 members (excludes halogenated alkanes) is 3. The highest BCUT2D eigenvalue weighted by atomic mass is 16.5. The lowest BCUT2D eigenvalue weighted by Gasteiger charge is -2.14. The lowest BCUT2D eigenvalue weighted by molar-refractivity contribution is -0.139. The monoisotopic (exact) mass is 321 g/mol. The summed E-state index contributed by atoms with van der Waals surface area (Å²) in [6.07, 6.45) is 4.17. The van der Waals surface area contributed by atoms with E-state index < -0.39 is 23.9 Å². The van der Waals surface area contributed by atoms with Gasteiger partial charge in [0.25, 0.3) is 5.91 Å². The summed E-state index contributed by atoms with van der Waals surface area (Å²) in [6.45, 7) is 2.07. The van der Waals surface area contributed by atoms with Crippen LogP contribution in [0.5, 0.6) is 0 Å². The summed E-state index contributed by atoms with van der Waals surface area (Å²) < 4.78 is 4.60. The molecule has 0 bridgehead atoms. The number of amides is 1. The largest absolute Gasteiger partial charge is 0.480 e. The normalized spacial score (nSPS) is 11.6. The van der Waals surface area contributed by atoms with Crippen molar-refractivity contribution >= 4 is 17.8 Å². The SMILES string of the molecule is CCCCCC[C@H](NC(=O)c1cccc(C(=O)OC)c1)C(=O)O. The van der Waals surface area contributed by atoms with Crippen LogP contribution in [0.3, 0.4) is 0 Å². The molecular weight excluding hydrogens is 298 g/mol. The molecular formula is C17H23NO5. The minimum Gasteiger partial charge on any atom is -0.480 e. The molecule has 6 nitrogen and oxygen atoms in total. The van der Waals surface area contributed by atoms with Gasteiger partial charge in [0.15, 0.2) is 0 Å². The van der Waals surface area contributed by atoms with E-state index in [9.17, 15) is 19.5 Å². The maximum Gasteiger partial charge on any atom is 0.337 e. The average Bonchev–Trinajstić information content (AvgIpc) is 2.56. The molecule has 0 spiro atoms. The third-order valence-electron chi connectivity index (χ3n) is 3.50. The number of carboxylic acid groups (broad SMARTS) is 1. The molecule has 0 unspecified atom stereocenters. The Morgan fingerprint density at radius 2 is 1.87 bits per heavy atom. The van der Waals surface area contributed by atoms with Crippen molar-refractivity contribution in [1.29, 1.82) is 0 Å². The number of methoxy groups -OCH3 is 1. The highest BCUT2D eigenvalue weighted by Crippen LogP contribution is 2.09. The molecule has 0 aliphatic heterocycles. The fraction of sp³-hybridized carbons (Fsp3) is 0.471. The number of aliphatic carboxylic acids is 1. The second-order valence-corrected chi connectivity index (χ2v) is 5.29. The lowest BCUT2D eigenvalue weighted by atomic mass is 10.1. The van der Waals surface area contributed by atoms with Gasteiger partial charge in [-0.2, -0.15) is 0 Å². The van der Waals surface area contributed by atoms with Gasteiger partial charge >= 0.3 is 11.9 Å². The Morgan fingerprint density at radius 3 is 2.48 bits per heavy atom. The molecule has 0 aromatic heterocycles. The van der Waals surface area contributed by atoms with E-state index in [2.05, 4.69) is 17.0 Å². The first-order valence-electron chi connectivity index (χ1n) is 7.71. The van der Waals surface area contributed by atoms with Gasteiger partial charge in [0.2, 0.25) is 0 Å². The van der Waals surface area contributed by atoms with Gasteiger partial charge in [0.1, 0.15) is 6.04 Å². The molecule has 0 radical (unpaired) electrons. The summed E-state index contributed by atoms with van der Waals surface area (Å²) in [5.41, 5.74) is 0.475. The highest BCUT2D eigenvalue weighted by molar-refractivity contribution is 5.99. The van der Waals surface area contributed by atoms with Crippen molar-refractivity contribution < 1.29 is 24.2 Å². The Hall–Kier alpha value is -2.37. The van der Waals surface area contributed by atoms with Gasteiger partial charge in [-0.3, -0.25) is 4.79 Å². The molecule has 126 valence electrons. The van der Waals surface area contributed by atoms with Crippen LogP contribution in [0.1, 0.15) is 59.7 Å². The van der Waals surface area contributed by atoms with Gasteiger partial charge in [-0.25, -0.2) is 9.59 Å². The van der Waals surface area contributed by atoms with Crippen molar-refractivity contribution in [2.24, 2.45) is 0 Å². The van der Waals surface area contributed by atoms with E-state index in [0.717, 1.165) is 25.7 Å². The van der Waals surface area contributed by atoms with E-state index in [-0.39, 0.29) is 11.1 Å². The smallest absolute Gasteiger partial charge is 0.337 e. The van der Waals surface area contributed by atoms with Crippen LogP contribution in [0.4, 0.5) is 0 Å². The molecule has 0 saturated heterocycles. The standard InChI is InChI=1S/C17H23NO5/c1-3-4-5-6-10-14(16(20)21)18-15(19)12-8-7-9-13(11-12)17(22)23-2/h7-9,11,14H,3-6,10H2,1-2H3,(H,18,19)(H,20,21)/t14-/m0/s1. The first-order valence-corrected chi connectivity index (χ1v) is 7.71. The number of carboxylic acids is 1. The van der Waals surface area contributed by atoms with Crippen LogP contribution in [-0.4, -0.2) is 36.1 Å². The Morgan fingerprint density at radius 1 is 1.17 bits per heavy atom. The summed E-state index contributed by atoms with van der Waals surface area (Å²) in [7, 11) is 1.26. The molecule has 2 N–H and O–H groups in total. The number of nitrogens with one attached hydrogen (secondary N) is 1. The second-order valence-electron chi connectivity index (χ2n) is 5.29. The number of carbonyl (C=O) groups excluding carboxylic acids is 2. The van der Waals surface area contributed by atoms with Crippen LogP contribution in [0, 0.1) is 0 Å². The summed E-state index contributed by atoms with van der Waals surface area (Å²) >= 11 is 0. The number of hydrogen-bond acceptors (Lipinski definition) is 4. The summed E-state index contributed by atoms with van der Waals surface area (Å²) in [4.78, 5) is 34.9. The van der Waals surface area contributed by atoms with Crippen molar-refractivity contribution in [3.8, 4) is 0 Å². The maximum atomic E-state index is 12.2. The van der Waals surface area contributed by atoms with E-state index in [1.165, 1.54) is 25.3 Å². The fourth-order valence-corrected chi connectivity index (χ4v) is 2.18. The Kier molecular flexibility index (Phi) is 7.80. The third-order valence-corrected chi connectivity index (χ3v) is 3.50. The topological polar surface area (TPSA) is 92.7 Å². The molecule has 0 fully saturated rings. The van der Waals surface area contributed by atoms with Crippen molar-refractivity contribution in [1.82, 2.24) is 5.32 Å². The van der Waals surface area contributed by atoms with Crippen LogP contribution >= 0.6 is 0 Å². The molecule has 0 aliphatic rings. The third kappa shape index (κ3) is 6.10. The van der Waals surface area contributed by atoms with Crippen molar-refractivity contribution in [2.45, 2.75) is 45.1 Å². The summed E-state index contributed by atoms with van der Waals surface area (Å²) in [5, 5.41) is 11.7. The number of benzene rings is 1. The number of rotatable bonds is 9. The maximum absolute atomic E-state index is 12.2. The molecule has 0 saturated carbocycles. The van der Waals surface area contributed by atoms with Gasteiger partial charge in [-0.15, -0.1) is 0 Å². The van der Waals surface area contributed by atoms with Gasteiger partial charge in [0.05, 0.1) is 12.7 Å². The lowest BCUT2D eigenvalue weighted by Crippen LogP contribution is -2.40. The minimum atomic E-state index is -1.06. The Bertz CT molecular complexity index is 556. The van der Waals surface area contributed by atoms with Crippen molar-refractivity contribution in [3.63, 3.8) is 0 Å². The van der Waals surface area contributed by atoms with E-state index in [1.807, 2.05) is 0 Å². The Balaban J connectivity index is 2.71. The van der Waals surface area contributed by atoms with E-state index in [0.29, 0.717) is 6.42 Å². The number of ether oxygens (including phenoxy) is 1. The molecule has 6 heteroatoms. The molecule has 1 aromatic rings. The molecule has 1 atom stereocenters. The molecule has 23 heavy (non-hydrogen) atoms. The van der Waals surface area contributed by atoms with Crippen LogP contribution in [0.15, 0.2) is 24.3 Å². The predicted octanol–water partition coefficient (Wildman–Crippen LogP) is 2.63. The highest BCUT2D eigenvalue weighted by Gasteiger charge is 2.20. The Labute approximate surface area is 135 Å². The van der Waals surface area contributed by atoms with Crippen LogP contribution in [0.25, 0.3) is 0 Å². The fourth-order valence-electron chi connectivity index (χ4n) is 2.18. The molecule has 0 heterocycles. The zero-order valence-corrected chi connectivity index (χ0v) is 13.5. The van der Waals surface area contributed by atoms with Gasteiger partial charge in [0, 0.05) is 5.56 Å². The number of hydrogen-bond donors (Lipinski definition) is 2. The zero-order chi connectivity index (χ0) is 17.2. The minimum absolute atomic E-state index is 0.229.